The minimum Gasteiger partial charge on any atom is -0.118 e. The van der Waals surface area contributed by atoms with Gasteiger partial charge in [-0.05, 0) is 38.7 Å². The predicted molar refractivity (Wildman–Crippen MR) is 84.4 cm³/mol. The Labute approximate surface area is 122 Å². The first-order valence-corrected chi connectivity index (χ1v) is 7.78. The number of hydrogen-bond acceptors (Lipinski definition) is 0. The minimum atomic E-state index is 0.107. The Bertz CT molecular complexity index is 521. The lowest BCUT2D eigenvalue weighted by Gasteiger charge is -2.13. The molecule has 0 bridgehead atoms. The van der Waals surface area contributed by atoms with E-state index >= 15 is 0 Å². The van der Waals surface area contributed by atoms with Crippen molar-refractivity contribution >= 4 is 38.3 Å². The van der Waals surface area contributed by atoms with Gasteiger partial charge in [-0.2, -0.15) is 0 Å². The van der Waals surface area contributed by atoms with Crippen molar-refractivity contribution < 1.29 is 0 Å². The molecule has 2 aromatic rings. The van der Waals surface area contributed by atoms with Crippen LogP contribution in [0, 0.1) is 0 Å². The van der Waals surface area contributed by atoms with Crippen molar-refractivity contribution in [1.82, 2.24) is 0 Å². The van der Waals surface area contributed by atoms with Crippen LogP contribution in [0.3, 0.4) is 0 Å². The minimum absolute atomic E-state index is 0.107. The van der Waals surface area contributed by atoms with Gasteiger partial charge in [0, 0.05) is 4.47 Å². The maximum atomic E-state index is 6.52. The molecule has 2 aromatic carbocycles. The molecule has 0 spiro atoms. The second-order valence-corrected chi connectivity index (χ2v) is 5.97. The summed E-state index contributed by atoms with van der Waals surface area (Å²) < 4.78 is 1.15. The van der Waals surface area contributed by atoms with Gasteiger partial charge in [-0.15, -0.1) is 11.6 Å². The summed E-state index contributed by atoms with van der Waals surface area (Å²) in [6, 6.07) is 12.7. The van der Waals surface area contributed by atoms with Crippen LogP contribution >= 0.6 is 27.5 Å². The molecule has 96 valence electrons. The highest BCUT2D eigenvalue weighted by Crippen LogP contribution is 2.36. The zero-order chi connectivity index (χ0) is 13.0. The first kappa shape index (κ1) is 13.9. The normalized spacial score (nSPS) is 12.8. The summed E-state index contributed by atoms with van der Waals surface area (Å²) in [4.78, 5) is 0. The summed E-state index contributed by atoms with van der Waals surface area (Å²) in [7, 11) is 0. The molecule has 2 heteroatoms. The van der Waals surface area contributed by atoms with Crippen molar-refractivity contribution in [3.63, 3.8) is 0 Å². The van der Waals surface area contributed by atoms with E-state index in [9.17, 15) is 0 Å². The van der Waals surface area contributed by atoms with Crippen LogP contribution in [0.1, 0.15) is 43.5 Å². The van der Waals surface area contributed by atoms with Gasteiger partial charge in [0.2, 0.25) is 0 Å². The number of alkyl halides is 1. The second-order valence-electron chi connectivity index (χ2n) is 4.65. The highest BCUT2D eigenvalue weighted by molar-refractivity contribution is 9.10. The Morgan fingerprint density at radius 2 is 1.89 bits per heavy atom. The van der Waals surface area contributed by atoms with Crippen LogP contribution in [0.25, 0.3) is 10.8 Å². The summed E-state index contributed by atoms with van der Waals surface area (Å²) in [5, 5.41) is 2.61. The first-order chi connectivity index (χ1) is 8.74. The fraction of sp³-hybridized carbons (Fsp3) is 0.375. The smallest absolute Gasteiger partial charge is 0.0596 e. The van der Waals surface area contributed by atoms with Crippen molar-refractivity contribution in [3.8, 4) is 0 Å². The van der Waals surface area contributed by atoms with E-state index in [1.165, 1.54) is 35.6 Å². The molecule has 18 heavy (non-hydrogen) atoms. The van der Waals surface area contributed by atoms with Gasteiger partial charge in [0.25, 0.3) is 0 Å². The summed E-state index contributed by atoms with van der Waals surface area (Å²) in [5.41, 5.74) is 1.21. The Kier molecular flexibility index (Phi) is 5.08. The Morgan fingerprint density at radius 1 is 1.11 bits per heavy atom. The van der Waals surface area contributed by atoms with E-state index in [1.54, 1.807) is 0 Å². The van der Waals surface area contributed by atoms with Crippen molar-refractivity contribution in [3.05, 3.63) is 46.4 Å². The zero-order valence-corrected chi connectivity index (χ0v) is 13.0. The van der Waals surface area contributed by atoms with Crippen LogP contribution in [0.5, 0.6) is 0 Å². The molecule has 0 aliphatic carbocycles. The number of hydrogen-bond donors (Lipinski definition) is 0. The standard InChI is InChI=1S/C16H18BrCl/c1-2-3-4-9-15(18)14-11-10-12-7-5-6-8-13(12)16(14)17/h5-8,10-11,15H,2-4,9H2,1H3. The van der Waals surface area contributed by atoms with Crippen LogP contribution in [0.4, 0.5) is 0 Å². The molecule has 0 radical (unpaired) electrons. The van der Waals surface area contributed by atoms with E-state index < -0.39 is 0 Å². The van der Waals surface area contributed by atoms with E-state index in [0.29, 0.717) is 0 Å². The van der Waals surface area contributed by atoms with E-state index in [4.69, 9.17) is 11.6 Å². The lowest BCUT2D eigenvalue weighted by Crippen LogP contribution is -1.93. The average molecular weight is 326 g/mol. The van der Waals surface area contributed by atoms with Gasteiger partial charge in [-0.3, -0.25) is 0 Å². The number of fused-ring (bicyclic) bond motifs is 1. The molecule has 1 atom stereocenters. The topological polar surface area (TPSA) is 0 Å². The third-order valence-electron chi connectivity index (χ3n) is 3.29. The van der Waals surface area contributed by atoms with Gasteiger partial charge in [0.15, 0.2) is 0 Å². The highest BCUT2D eigenvalue weighted by Gasteiger charge is 2.13. The first-order valence-electron chi connectivity index (χ1n) is 6.55. The van der Waals surface area contributed by atoms with Crippen LogP contribution < -0.4 is 0 Å². The van der Waals surface area contributed by atoms with Crippen molar-refractivity contribution in [1.29, 1.82) is 0 Å². The van der Waals surface area contributed by atoms with Crippen molar-refractivity contribution in [2.24, 2.45) is 0 Å². The molecule has 0 aliphatic rings. The third-order valence-corrected chi connectivity index (χ3v) is 4.63. The monoisotopic (exact) mass is 324 g/mol. The molecule has 0 nitrogen and oxygen atoms in total. The number of benzene rings is 2. The molecule has 2 rings (SSSR count). The zero-order valence-electron chi connectivity index (χ0n) is 10.6. The van der Waals surface area contributed by atoms with E-state index in [2.05, 4.69) is 59.3 Å². The molecular formula is C16H18BrCl. The average Bonchev–Trinajstić information content (AvgIpc) is 2.39. The molecule has 0 amide bonds. The van der Waals surface area contributed by atoms with Crippen LogP contribution in [-0.2, 0) is 0 Å². The van der Waals surface area contributed by atoms with E-state index in [1.807, 2.05) is 0 Å². The molecular weight excluding hydrogens is 308 g/mol. The molecule has 0 aliphatic heterocycles. The van der Waals surface area contributed by atoms with Gasteiger partial charge in [-0.25, -0.2) is 0 Å². The maximum absolute atomic E-state index is 6.52. The van der Waals surface area contributed by atoms with Gasteiger partial charge in [0.1, 0.15) is 0 Å². The SMILES string of the molecule is CCCCCC(Cl)c1ccc2ccccc2c1Br. The maximum Gasteiger partial charge on any atom is 0.0596 e. The second kappa shape index (κ2) is 6.58. The number of unbranched alkanes of at least 4 members (excludes halogenated alkanes) is 2. The summed E-state index contributed by atoms with van der Waals surface area (Å²) in [6.07, 6.45) is 4.74. The van der Waals surface area contributed by atoms with E-state index in [-0.39, 0.29) is 5.38 Å². The Hall–Kier alpha value is -0.530. The summed E-state index contributed by atoms with van der Waals surface area (Å²) in [6.45, 7) is 2.22. The van der Waals surface area contributed by atoms with Crippen LogP contribution in [0.15, 0.2) is 40.9 Å². The molecule has 0 N–H and O–H groups in total. The van der Waals surface area contributed by atoms with E-state index in [0.717, 1.165) is 10.9 Å². The Morgan fingerprint density at radius 3 is 2.67 bits per heavy atom. The van der Waals surface area contributed by atoms with Gasteiger partial charge in [-0.1, -0.05) is 62.6 Å². The molecule has 0 saturated heterocycles. The molecule has 0 saturated carbocycles. The van der Waals surface area contributed by atoms with Crippen molar-refractivity contribution in [2.75, 3.05) is 0 Å². The fourth-order valence-corrected chi connectivity index (χ4v) is 3.46. The Balaban J connectivity index is 2.25. The largest absolute Gasteiger partial charge is 0.118 e. The van der Waals surface area contributed by atoms with Crippen LogP contribution in [-0.4, -0.2) is 0 Å². The molecule has 1 unspecified atom stereocenters. The molecule has 0 heterocycles. The molecule has 0 fully saturated rings. The quantitative estimate of drug-likeness (QED) is 0.437. The lowest BCUT2D eigenvalue weighted by molar-refractivity contribution is 0.655. The van der Waals surface area contributed by atoms with Gasteiger partial charge in [0.05, 0.1) is 5.38 Å². The number of halogens is 2. The molecule has 0 aromatic heterocycles. The summed E-state index contributed by atoms with van der Waals surface area (Å²) >= 11 is 10.2. The summed E-state index contributed by atoms with van der Waals surface area (Å²) in [5.74, 6) is 0. The van der Waals surface area contributed by atoms with Crippen molar-refractivity contribution in [2.45, 2.75) is 38.0 Å². The highest BCUT2D eigenvalue weighted by atomic mass is 79.9. The van der Waals surface area contributed by atoms with Gasteiger partial charge >= 0.3 is 0 Å². The number of rotatable bonds is 5. The predicted octanol–water partition coefficient (Wildman–Crippen LogP) is 6.46. The third kappa shape index (κ3) is 3.07. The van der Waals surface area contributed by atoms with Gasteiger partial charge < -0.3 is 0 Å². The lowest BCUT2D eigenvalue weighted by atomic mass is 10.0. The van der Waals surface area contributed by atoms with Crippen LogP contribution in [0.2, 0.25) is 0 Å². The fourth-order valence-electron chi connectivity index (χ4n) is 2.22.